The standard InChI is InChI=1S/C12H14N4O3/c1-19-11-5-2-4-10(12(11)16(17)18)13-7-9-15-8-3-6-14-15/h2-6,8,13H,7,9H2,1H3. The molecule has 0 aliphatic rings. The summed E-state index contributed by atoms with van der Waals surface area (Å²) in [5.41, 5.74) is 0.391. The van der Waals surface area contributed by atoms with Gasteiger partial charge in [0.15, 0.2) is 5.75 Å². The molecule has 0 aliphatic heterocycles. The molecular formula is C12H14N4O3. The van der Waals surface area contributed by atoms with Gasteiger partial charge < -0.3 is 10.1 Å². The van der Waals surface area contributed by atoms with Gasteiger partial charge in [-0.25, -0.2) is 0 Å². The maximum absolute atomic E-state index is 11.1. The van der Waals surface area contributed by atoms with Gasteiger partial charge in [0.2, 0.25) is 0 Å². The third-order valence-corrected chi connectivity index (χ3v) is 2.62. The molecular weight excluding hydrogens is 248 g/mol. The lowest BCUT2D eigenvalue weighted by atomic mass is 10.2. The molecule has 0 atom stereocenters. The van der Waals surface area contributed by atoms with E-state index < -0.39 is 4.92 Å². The van der Waals surface area contributed by atoms with Crippen LogP contribution in [0.5, 0.6) is 5.75 Å². The molecule has 0 bridgehead atoms. The zero-order valence-electron chi connectivity index (χ0n) is 10.4. The van der Waals surface area contributed by atoms with Crippen molar-refractivity contribution in [2.45, 2.75) is 6.54 Å². The summed E-state index contributed by atoms with van der Waals surface area (Å²) in [7, 11) is 1.41. The minimum atomic E-state index is -0.449. The topological polar surface area (TPSA) is 82.2 Å². The number of aromatic nitrogens is 2. The fourth-order valence-electron chi connectivity index (χ4n) is 1.76. The van der Waals surface area contributed by atoms with E-state index in [2.05, 4.69) is 10.4 Å². The Balaban J connectivity index is 2.09. The zero-order valence-corrected chi connectivity index (χ0v) is 10.4. The van der Waals surface area contributed by atoms with E-state index in [4.69, 9.17) is 4.74 Å². The summed E-state index contributed by atoms with van der Waals surface area (Å²) in [6.45, 7) is 1.16. The number of rotatable bonds is 6. The number of hydrogen-bond acceptors (Lipinski definition) is 5. The van der Waals surface area contributed by atoms with Gasteiger partial charge in [-0.05, 0) is 18.2 Å². The van der Waals surface area contributed by atoms with Crippen molar-refractivity contribution in [3.8, 4) is 5.75 Å². The fourth-order valence-corrected chi connectivity index (χ4v) is 1.76. The molecule has 0 aliphatic carbocycles. The number of nitrogens with zero attached hydrogens (tertiary/aromatic N) is 3. The maximum Gasteiger partial charge on any atom is 0.333 e. The molecule has 2 rings (SSSR count). The van der Waals surface area contributed by atoms with Crippen LogP contribution in [0.3, 0.4) is 0 Å². The Hall–Kier alpha value is -2.57. The van der Waals surface area contributed by atoms with Gasteiger partial charge in [-0.1, -0.05) is 6.07 Å². The van der Waals surface area contributed by atoms with E-state index in [1.165, 1.54) is 7.11 Å². The third kappa shape index (κ3) is 3.01. The first kappa shape index (κ1) is 12.9. The minimum absolute atomic E-state index is 0.0505. The fraction of sp³-hybridized carbons (Fsp3) is 0.250. The van der Waals surface area contributed by atoms with Crippen molar-refractivity contribution < 1.29 is 9.66 Å². The number of para-hydroxylation sites is 1. The summed E-state index contributed by atoms with van der Waals surface area (Å²) in [5.74, 6) is 0.245. The lowest BCUT2D eigenvalue weighted by molar-refractivity contribution is -0.384. The second-order valence-electron chi connectivity index (χ2n) is 3.81. The van der Waals surface area contributed by atoms with Crippen LogP contribution < -0.4 is 10.1 Å². The van der Waals surface area contributed by atoms with Crippen molar-refractivity contribution in [3.63, 3.8) is 0 Å². The van der Waals surface area contributed by atoms with Gasteiger partial charge in [-0.2, -0.15) is 5.10 Å². The SMILES string of the molecule is COc1cccc(NCCn2cccn2)c1[N+](=O)[O-]. The van der Waals surface area contributed by atoms with E-state index in [9.17, 15) is 10.1 Å². The van der Waals surface area contributed by atoms with Gasteiger partial charge >= 0.3 is 5.69 Å². The molecule has 7 nitrogen and oxygen atoms in total. The summed E-state index contributed by atoms with van der Waals surface area (Å²) in [6.07, 6.45) is 3.52. The number of nitro groups is 1. The number of methoxy groups -OCH3 is 1. The van der Waals surface area contributed by atoms with Gasteiger partial charge in [-0.3, -0.25) is 14.8 Å². The minimum Gasteiger partial charge on any atom is -0.490 e. The molecule has 100 valence electrons. The number of nitrogens with one attached hydrogen (secondary N) is 1. The average molecular weight is 262 g/mol. The first-order valence-corrected chi connectivity index (χ1v) is 5.75. The zero-order chi connectivity index (χ0) is 13.7. The second kappa shape index (κ2) is 5.85. The normalized spacial score (nSPS) is 10.2. The van der Waals surface area contributed by atoms with Crippen LogP contribution in [0.25, 0.3) is 0 Å². The van der Waals surface area contributed by atoms with Crippen LogP contribution in [0.1, 0.15) is 0 Å². The van der Waals surface area contributed by atoms with Crippen molar-refractivity contribution in [2.24, 2.45) is 0 Å². The Morgan fingerprint density at radius 3 is 2.95 bits per heavy atom. The smallest absolute Gasteiger partial charge is 0.333 e. The molecule has 7 heteroatoms. The first-order chi connectivity index (χ1) is 9.22. The number of benzene rings is 1. The highest BCUT2D eigenvalue weighted by Gasteiger charge is 2.19. The average Bonchev–Trinajstić information content (AvgIpc) is 2.91. The number of hydrogen-bond donors (Lipinski definition) is 1. The lowest BCUT2D eigenvalue weighted by Gasteiger charge is -2.09. The molecule has 19 heavy (non-hydrogen) atoms. The van der Waals surface area contributed by atoms with Crippen molar-refractivity contribution in [2.75, 3.05) is 19.0 Å². The van der Waals surface area contributed by atoms with Crippen LogP contribution in [-0.2, 0) is 6.54 Å². The lowest BCUT2D eigenvalue weighted by Crippen LogP contribution is -2.12. The predicted octanol–water partition coefficient (Wildman–Crippen LogP) is 1.91. The molecule has 1 aromatic carbocycles. The molecule has 0 spiro atoms. The second-order valence-corrected chi connectivity index (χ2v) is 3.81. The number of anilines is 1. The molecule has 0 fully saturated rings. The van der Waals surface area contributed by atoms with Crippen LogP contribution in [0, 0.1) is 10.1 Å². The Labute approximate surface area is 110 Å². The van der Waals surface area contributed by atoms with Crippen molar-refractivity contribution in [3.05, 3.63) is 46.8 Å². The predicted molar refractivity (Wildman–Crippen MR) is 70.4 cm³/mol. The summed E-state index contributed by atoms with van der Waals surface area (Å²) in [5, 5.41) is 18.1. The van der Waals surface area contributed by atoms with Gasteiger partial charge in [0, 0.05) is 18.9 Å². The summed E-state index contributed by atoms with van der Waals surface area (Å²) < 4.78 is 6.75. The van der Waals surface area contributed by atoms with Gasteiger partial charge in [-0.15, -0.1) is 0 Å². The summed E-state index contributed by atoms with van der Waals surface area (Å²) >= 11 is 0. The van der Waals surface area contributed by atoms with E-state index in [1.807, 2.05) is 12.3 Å². The Kier molecular flexibility index (Phi) is 3.97. The first-order valence-electron chi connectivity index (χ1n) is 5.75. The van der Waals surface area contributed by atoms with E-state index in [0.29, 0.717) is 18.8 Å². The third-order valence-electron chi connectivity index (χ3n) is 2.62. The van der Waals surface area contributed by atoms with Gasteiger partial charge in [0.05, 0.1) is 18.6 Å². The van der Waals surface area contributed by atoms with Crippen LogP contribution in [0.4, 0.5) is 11.4 Å². The monoisotopic (exact) mass is 262 g/mol. The van der Waals surface area contributed by atoms with Crippen molar-refractivity contribution in [1.82, 2.24) is 9.78 Å². The molecule has 1 aromatic heterocycles. The molecule has 0 saturated carbocycles. The Morgan fingerprint density at radius 1 is 1.47 bits per heavy atom. The number of nitro benzene ring substituents is 1. The Bertz CT molecular complexity index is 554. The Morgan fingerprint density at radius 2 is 2.32 bits per heavy atom. The molecule has 0 saturated heterocycles. The molecule has 0 unspecified atom stereocenters. The van der Waals surface area contributed by atoms with Crippen LogP contribution >= 0.6 is 0 Å². The van der Waals surface area contributed by atoms with E-state index in [0.717, 1.165) is 0 Å². The molecule has 2 aromatic rings. The summed E-state index contributed by atoms with van der Waals surface area (Å²) in [4.78, 5) is 10.6. The van der Waals surface area contributed by atoms with Crippen LogP contribution in [-0.4, -0.2) is 28.4 Å². The number of ether oxygens (including phenoxy) is 1. The van der Waals surface area contributed by atoms with Gasteiger partial charge in [0.25, 0.3) is 0 Å². The molecule has 0 radical (unpaired) electrons. The van der Waals surface area contributed by atoms with Crippen molar-refractivity contribution in [1.29, 1.82) is 0 Å². The highest BCUT2D eigenvalue weighted by Crippen LogP contribution is 2.34. The van der Waals surface area contributed by atoms with Gasteiger partial charge in [0.1, 0.15) is 5.69 Å². The largest absolute Gasteiger partial charge is 0.490 e. The quantitative estimate of drug-likeness (QED) is 0.635. The van der Waals surface area contributed by atoms with E-state index in [1.54, 1.807) is 29.1 Å². The maximum atomic E-state index is 11.1. The van der Waals surface area contributed by atoms with Crippen molar-refractivity contribution >= 4 is 11.4 Å². The molecule has 1 heterocycles. The van der Waals surface area contributed by atoms with E-state index in [-0.39, 0.29) is 11.4 Å². The highest BCUT2D eigenvalue weighted by atomic mass is 16.6. The summed E-state index contributed by atoms with van der Waals surface area (Å²) in [6, 6.07) is 6.76. The van der Waals surface area contributed by atoms with E-state index >= 15 is 0 Å². The molecule has 0 amide bonds. The molecule has 1 N–H and O–H groups in total. The highest BCUT2D eigenvalue weighted by molar-refractivity contribution is 5.68. The van der Waals surface area contributed by atoms with Crippen LogP contribution in [0.2, 0.25) is 0 Å². The van der Waals surface area contributed by atoms with Crippen LogP contribution in [0.15, 0.2) is 36.7 Å².